The van der Waals surface area contributed by atoms with Crippen molar-refractivity contribution in [3.05, 3.63) is 120 Å². The molecule has 7 heteroatoms. The Hall–Kier alpha value is -4.65. The Morgan fingerprint density at radius 3 is 2.51 bits per heavy atom. The lowest BCUT2D eigenvalue weighted by Gasteiger charge is -2.18. The van der Waals surface area contributed by atoms with Crippen molar-refractivity contribution >= 4 is 16.9 Å². The molecule has 2 aromatic heterocycles. The van der Waals surface area contributed by atoms with Crippen LogP contribution in [0.3, 0.4) is 0 Å². The Morgan fingerprint density at radius 2 is 1.73 bits per heavy atom. The third kappa shape index (κ3) is 5.95. The third-order valence-corrected chi connectivity index (χ3v) is 5.95. The van der Waals surface area contributed by atoms with Gasteiger partial charge in [-0.3, -0.25) is 9.78 Å². The van der Waals surface area contributed by atoms with Crippen LogP contribution in [0, 0.1) is 0 Å². The number of imidazole rings is 1. The SMILES string of the molecule is CCOc1cc(C(=O)N[C@@H](Cc2ccccc2)c2nc3ccccc3[nH]2)ccc1OCc1cccnc1. The highest BCUT2D eigenvalue weighted by Crippen LogP contribution is 2.30. The number of carbonyl (C=O) groups is 1. The van der Waals surface area contributed by atoms with Crippen LogP contribution in [-0.2, 0) is 13.0 Å². The maximum absolute atomic E-state index is 13.4. The predicted molar refractivity (Wildman–Crippen MR) is 143 cm³/mol. The fourth-order valence-electron chi connectivity index (χ4n) is 4.13. The van der Waals surface area contributed by atoms with Crippen LogP contribution in [-0.4, -0.2) is 27.5 Å². The van der Waals surface area contributed by atoms with Crippen molar-refractivity contribution in [2.24, 2.45) is 0 Å². The molecule has 0 saturated heterocycles. The summed E-state index contributed by atoms with van der Waals surface area (Å²) in [5.74, 6) is 1.57. The molecule has 0 aliphatic rings. The molecule has 0 unspecified atom stereocenters. The molecule has 3 aromatic carbocycles. The van der Waals surface area contributed by atoms with Crippen LogP contribution in [0.2, 0.25) is 0 Å². The molecule has 5 rings (SSSR count). The average molecular weight is 493 g/mol. The van der Waals surface area contributed by atoms with E-state index >= 15 is 0 Å². The third-order valence-electron chi connectivity index (χ3n) is 5.95. The maximum Gasteiger partial charge on any atom is 0.252 e. The van der Waals surface area contributed by atoms with E-state index in [1.165, 1.54) is 0 Å². The van der Waals surface area contributed by atoms with E-state index in [0.717, 1.165) is 22.2 Å². The number of pyridine rings is 1. The quantitative estimate of drug-likeness (QED) is 0.263. The first-order chi connectivity index (χ1) is 18.2. The number of para-hydroxylation sites is 2. The maximum atomic E-state index is 13.4. The second-order valence-corrected chi connectivity index (χ2v) is 8.60. The molecule has 0 aliphatic carbocycles. The fraction of sp³-hybridized carbons (Fsp3) is 0.167. The molecule has 0 radical (unpaired) electrons. The van der Waals surface area contributed by atoms with Crippen LogP contribution in [0.25, 0.3) is 11.0 Å². The molecule has 186 valence electrons. The number of hydrogen-bond donors (Lipinski definition) is 2. The monoisotopic (exact) mass is 492 g/mol. The summed E-state index contributed by atoms with van der Waals surface area (Å²) in [4.78, 5) is 25.7. The number of hydrogen-bond acceptors (Lipinski definition) is 5. The van der Waals surface area contributed by atoms with Gasteiger partial charge in [0.1, 0.15) is 12.4 Å². The molecule has 0 saturated carbocycles. The van der Waals surface area contributed by atoms with Crippen LogP contribution in [0.5, 0.6) is 11.5 Å². The zero-order valence-corrected chi connectivity index (χ0v) is 20.6. The fourth-order valence-corrected chi connectivity index (χ4v) is 4.13. The van der Waals surface area contributed by atoms with Gasteiger partial charge in [-0.1, -0.05) is 48.5 Å². The van der Waals surface area contributed by atoms with Gasteiger partial charge >= 0.3 is 0 Å². The van der Waals surface area contributed by atoms with Gasteiger partial charge in [0.2, 0.25) is 0 Å². The van der Waals surface area contributed by atoms with E-state index in [2.05, 4.69) is 15.3 Å². The largest absolute Gasteiger partial charge is 0.490 e. The lowest BCUT2D eigenvalue weighted by Crippen LogP contribution is -2.30. The number of aromatic amines is 1. The van der Waals surface area contributed by atoms with Crippen molar-refractivity contribution < 1.29 is 14.3 Å². The number of aromatic nitrogens is 3. The van der Waals surface area contributed by atoms with Crippen molar-refractivity contribution in [1.29, 1.82) is 0 Å². The molecule has 0 fully saturated rings. The summed E-state index contributed by atoms with van der Waals surface area (Å²) in [6.45, 7) is 2.70. The van der Waals surface area contributed by atoms with Crippen molar-refractivity contribution in [3.8, 4) is 11.5 Å². The topological polar surface area (TPSA) is 89.1 Å². The highest BCUT2D eigenvalue weighted by molar-refractivity contribution is 5.95. The minimum atomic E-state index is -0.348. The number of amides is 1. The van der Waals surface area contributed by atoms with Gasteiger partial charge < -0.3 is 19.8 Å². The number of fused-ring (bicyclic) bond motifs is 1. The number of nitrogens with one attached hydrogen (secondary N) is 2. The molecule has 0 spiro atoms. The van der Waals surface area contributed by atoms with Gasteiger partial charge in [-0.05, 0) is 55.3 Å². The van der Waals surface area contributed by atoms with Crippen molar-refractivity contribution in [2.45, 2.75) is 26.0 Å². The highest BCUT2D eigenvalue weighted by Gasteiger charge is 2.21. The van der Waals surface area contributed by atoms with E-state index < -0.39 is 0 Å². The molecule has 1 atom stereocenters. The van der Waals surface area contributed by atoms with Crippen molar-refractivity contribution in [3.63, 3.8) is 0 Å². The van der Waals surface area contributed by atoms with E-state index in [1.54, 1.807) is 30.6 Å². The van der Waals surface area contributed by atoms with Gasteiger partial charge in [-0.15, -0.1) is 0 Å². The Morgan fingerprint density at radius 1 is 0.919 bits per heavy atom. The van der Waals surface area contributed by atoms with Crippen molar-refractivity contribution in [1.82, 2.24) is 20.3 Å². The zero-order chi connectivity index (χ0) is 25.5. The van der Waals surface area contributed by atoms with E-state index in [1.807, 2.05) is 73.7 Å². The summed E-state index contributed by atoms with van der Waals surface area (Å²) in [6, 6.07) is 26.6. The van der Waals surface area contributed by atoms with E-state index in [9.17, 15) is 4.79 Å². The number of nitrogens with zero attached hydrogens (tertiary/aromatic N) is 2. The lowest BCUT2D eigenvalue weighted by molar-refractivity contribution is 0.0934. The van der Waals surface area contributed by atoms with Gasteiger partial charge in [0.25, 0.3) is 5.91 Å². The summed E-state index contributed by atoms with van der Waals surface area (Å²) in [7, 11) is 0. The minimum absolute atomic E-state index is 0.221. The summed E-state index contributed by atoms with van der Waals surface area (Å²) >= 11 is 0. The molecule has 2 N–H and O–H groups in total. The molecule has 7 nitrogen and oxygen atoms in total. The lowest BCUT2D eigenvalue weighted by atomic mass is 10.0. The molecule has 0 bridgehead atoms. The number of carbonyl (C=O) groups excluding carboxylic acids is 1. The molecular weight excluding hydrogens is 464 g/mol. The molecule has 0 aliphatic heterocycles. The van der Waals surface area contributed by atoms with Gasteiger partial charge in [0.15, 0.2) is 11.5 Å². The van der Waals surface area contributed by atoms with Gasteiger partial charge in [-0.2, -0.15) is 0 Å². The molecule has 1 amide bonds. The summed E-state index contributed by atoms with van der Waals surface area (Å²) < 4.78 is 11.8. The second-order valence-electron chi connectivity index (χ2n) is 8.60. The first kappa shape index (κ1) is 24.1. The molecular formula is C30H28N4O3. The molecule has 5 aromatic rings. The first-order valence-electron chi connectivity index (χ1n) is 12.3. The van der Waals surface area contributed by atoms with Crippen LogP contribution in [0.1, 0.15) is 40.3 Å². The van der Waals surface area contributed by atoms with Gasteiger partial charge in [0, 0.05) is 23.5 Å². The van der Waals surface area contributed by atoms with Crippen molar-refractivity contribution in [2.75, 3.05) is 6.61 Å². The predicted octanol–water partition coefficient (Wildman–Crippen LogP) is 5.65. The smallest absolute Gasteiger partial charge is 0.252 e. The number of ether oxygens (including phenoxy) is 2. The standard InChI is InChI=1S/C30H28N4O3/c1-2-36-28-18-23(14-15-27(28)37-20-22-11-8-16-31-19-22)30(35)34-26(17-21-9-4-3-5-10-21)29-32-24-12-6-7-13-25(24)33-29/h3-16,18-19,26H,2,17,20H2,1H3,(H,32,33)(H,34,35)/t26-/m0/s1. The van der Waals surface area contributed by atoms with Crippen LogP contribution < -0.4 is 14.8 Å². The minimum Gasteiger partial charge on any atom is -0.490 e. The molecule has 2 heterocycles. The van der Waals surface area contributed by atoms with E-state index in [0.29, 0.717) is 42.5 Å². The number of rotatable bonds is 10. The van der Waals surface area contributed by atoms with E-state index in [4.69, 9.17) is 14.5 Å². The Bertz CT molecular complexity index is 1440. The molecule has 37 heavy (non-hydrogen) atoms. The second kappa shape index (κ2) is 11.4. The van der Waals surface area contributed by atoms with Crippen LogP contribution in [0.15, 0.2) is 97.3 Å². The van der Waals surface area contributed by atoms with Gasteiger partial charge in [0.05, 0.1) is 23.7 Å². The highest BCUT2D eigenvalue weighted by atomic mass is 16.5. The summed E-state index contributed by atoms with van der Waals surface area (Å²) in [6.07, 6.45) is 4.07. The van der Waals surface area contributed by atoms with Crippen LogP contribution >= 0.6 is 0 Å². The summed E-state index contributed by atoms with van der Waals surface area (Å²) in [5.41, 5.74) is 4.31. The summed E-state index contributed by atoms with van der Waals surface area (Å²) in [5, 5.41) is 3.17. The average Bonchev–Trinajstić information content (AvgIpc) is 3.38. The first-order valence-corrected chi connectivity index (χ1v) is 12.3. The van der Waals surface area contributed by atoms with Gasteiger partial charge in [-0.25, -0.2) is 4.98 Å². The Balaban J connectivity index is 1.38. The Kier molecular flexibility index (Phi) is 7.41. The number of benzene rings is 3. The zero-order valence-electron chi connectivity index (χ0n) is 20.6. The van der Waals surface area contributed by atoms with Crippen LogP contribution in [0.4, 0.5) is 0 Å². The normalized spacial score (nSPS) is 11.7. The van der Waals surface area contributed by atoms with E-state index in [-0.39, 0.29) is 11.9 Å². The Labute approximate surface area is 215 Å². The number of H-pyrrole nitrogens is 1.